The van der Waals surface area contributed by atoms with Crippen molar-refractivity contribution in [3.05, 3.63) is 0 Å². The Bertz CT molecular complexity index is 604. The summed E-state index contributed by atoms with van der Waals surface area (Å²) < 4.78 is 47.6. The zero-order valence-corrected chi connectivity index (χ0v) is 19.2. The van der Waals surface area contributed by atoms with Crippen molar-refractivity contribution in [2.45, 2.75) is 77.1 Å². The van der Waals surface area contributed by atoms with E-state index in [1.165, 1.54) is 13.8 Å². The number of nitrogens with one attached hydrogen (secondary N) is 2. The average molecular weight is 471 g/mol. The molecule has 0 spiro atoms. The number of rotatable bonds is 11. The fourth-order valence-electron chi connectivity index (χ4n) is 3.34. The third kappa shape index (κ3) is 10.1. The topological polar surface area (TPSA) is 93.7 Å². The number of carbonyl (C=O) groups excluding carboxylic acids is 3. The quantitative estimate of drug-likeness (QED) is 0.356. The maximum Gasteiger partial charge on any atom is 0.471 e. The number of carbonyl (C=O) groups is 3. The Labute approximate surface area is 185 Å². The summed E-state index contributed by atoms with van der Waals surface area (Å²) in [7, 11) is 0. The molecule has 0 radical (unpaired) electrons. The first-order valence-electron chi connectivity index (χ1n) is 10.5. The van der Waals surface area contributed by atoms with E-state index in [0.717, 1.165) is 18.6 Å². The minimum absolute atomic E-state index is 0.00490. The van der Waals surface area contributed by atoms with Crippen molar-refractivity contribution in [2.75, 3.05) is 18.9 Å². The van der Waals surface area contributed by atoms with Gasteiger partial charge in [0.25, 0.3) is 0 Å². The third-order valence-corrected chi connectivity index (χ3v) is 6.56. The molecule has 1 fully saturated rings. The normalized spacial score (nSPS) is 26.2. The Kier molecular flexibility index (Phi) is 11.7. The van der Waals surface area contributed by atoms with Crippen LogP contribution in [0.2, 0.25) is 0 Å². The fourth-order valence-corrected chi connectivity index (χ4v) is 4.69. The van der Waals surface area contributed by atoms with E-state index in [2.05, 4.69) is 5.32 Å². The number of amides is 2. The minimum Gasteiger partial charge on any atom is -0.463 e. The number of hydrogen-bond acceptors (Lipinski definition) is 6. The van der Waals surface area contributed by atoms with Crippen LogP contribution in [0.1, 0.15) is 53.4 Å². The van der Waals surface area contributed by atoms with Crippen molar-refractivity contribution in [3.63, 3.8) is 0 Å². The van der Waals surface area contributed by atoms with Crippen molar-refractivity contribution in [2.24, 2.45) is 11.8 Å². The standard InChI is InChI=1S/C20H33F3N2O5S/c1-12-13(2)17(25-14(3)26)18(30-16(12)11-29-15(4)27)31-10-8-6-5-7-9-24-19(28)20(21,22)23/h12-13,16-18H,5-11H2,1-4H3,(H,24,28)(H,25,26). The summed E-state index contributed by atoms with van der Waals surface area (Å²) in [6.07, 6.45) is -2.32. The van der Waals surface area contributed by atoms with Gasteiger partial charge in [-0.1, -0.05) is 26.7 Å². The smallest absolute Gasteiger partial charge is 0.463 e. The molecule has 1 rings (SSSR count). The molecule has 1 heterocycles. The summed E-state index contributed by atoms with van der Waals surface area (Å²) in [4.78, 5) is 33.5. The molecule has 5 unspecified atom stereocenters. The van der Waals surface area contributed by atoms with E-state index in [9.17, 15) is 27.6 Å². The number of hydrogen-bond donors (Lipinski definition) is 2. The molecule has 11 heteroatoms. The van der Waals surface area contributed by atoms with Gasteiger partial charge in [0.15, 0.2) is 0 Å². The SMILES string of the molecule is CC(=O)NC1C(SCCCCCCNC(=O)C(F)(F)F)OC(COC(C)=O)C(C)C1C. The number of esters is 1. The Hall–Kier alpha value is -1.49. The Morgan fingerprint density at radius 2 is 1.68 bits per heavy atom. The van der Waals surface area contributed by atoms with Crippen LogP contribution in [-0.4, -0.2) is 60.4 Å². The van der Waals surface area contributed by atoms with Crippen LogP contribution in [0.4, 0.5) is 13.2 Å². The highest BCUT2D eigenvalue weighted by Gasteiger charge is 2.42. The van der Waals surface area contributed by atoms with Gasteiger partial charge < -0.3 is 20.1 Å². The van der Waals surface area contributed by atoms with Crippen molar-refractivity contribution in [3.8, 4) is 0 Å². The van der Waals surface area contributed by atoms with Crippen LogP contribution in [0, 0.1) is 11.8 Å². The lowest BCUT2D eigenvalue weighted by molar-refractivity contribution is -0.173. The van der Waals surface area contributed by atoms with Crippen molar-refractivity contribution in [1.29, 1.82) is 0 Å². The van der Waals surface area contributed by atoms with E-state index in [0.29, 0.717) is 12.8 Å². The fraction of sp³-hybridized carbons (Fsp3) is 0.850. The first-order valence-corrected chi connectivity index (χ1v) is 11.5. The van der Waals surface area contributed by atoms with Gasteiger partial charge in [0, 0.05) is 20.4 Å². The van der Waals surface area contributed by atoms with Gasteiger partial charge in [-0.05, 0) is 30.4 Å². The Morgan fingerprint density at radius 1 is 1.03 bits per heavy atom. The predicted molar refractivity (Wildman–Crippen MR) is 111 cm³/mol. The van der Waals surface area contributed by atoms with Gasteiger partial charge in [-0.3, -0.25) is 14.4 Å². The lowest BCUT2D eigenvalue weighted by atomic mass is 9.83. The molecule has 0 saturated carbocycles. The van der Waals surface area contributed by atoms with Crippen molar-refractivity contribution >= 4 is 29.5 Å². The van der Waals surface area contributed by atoms with Gasteiger partial charge in [-0.2, -0.15) is 13.2 Å². The summed E-state index contributed by atoms with van der Waals surface area (Å²) in [6, 6.07) is -0.177. The maximum absolute atomic E-state index is 12.1. The van der Waals surface area contributed by atoms with E-state index in [1.807, 2.05) is 19.2 Å². The molecule has 1 aliphatic rings. The lowest BCUT2D eigenvalue weighted by Crippen LogP contribution is -2.56. The zero-order chi connectivity index (χ0) is 23.6. The first-order chi connectivity index (χ1) is 14.4. The number of halogens is 3. The number of unbranched alkanes of at least 4 members (excludes halogenated alkanes) is 3. The van der Waals surface area contributed by atoms with Crippen LogP contribution in [0.15, 0.2) is 0 Å². The van der Waals surface area contributed by atoms with E-state index in [-0.39, 0.29) is 54.4 Å². The van der Waals surface area contributed by atoms with Crippen LogP contribution in [0.25, 0.3) is 0 Å². The molecule has 7 nitrogen and oxygen atoms in total. The second-order valence-corrected chi connectivity index (χ2v) is 9.03. The predicted octanol–water partition coefficient (Wildman–Crippen LogP) is 3.02. The molecular formula is C20H33F3N2O5S. The first kappa shape index (κ1) is 27.5. The average Bonchev–Trinajstić information content (AvgIpc) is 2.66. The Balaban J connectivity index is 2.43. The highest BCUT2D eigenvalue weighted by molar-refractivity contribution is 7.99. The monoisotopic (exact) mass is 470 g/mol. The van der Waals surface area contributed by atoms with Gasteiger partial charge >= 0.3 is 18.1 Å². The van der Waals surface area contributed by atoms with Gasteiger partial charge in [0.1, 0.15) is 12.0 Å². The molecule has 0 aromatic heterocycles. The molecule has 0 bridgehead atoms. The van der Waals surface area contributed by atoms with Crippen LogP contribution >= 0.6 is 11.8 Å². The second kappa shape index (κ2) is 13.1. The summed E-state index contributed by atoms with van der Waals surface area (Å²) in [5.74, 6) is -1.47. The third-order valence-electron chi connectivity index (χ3n) is 5.30. The number of ether oxygens (including phenoxy) is 2. The van der Waals surface area contributed by atoms with Gasteiger partial charge in [0.05, 0.1) is 12.1 Å². The highest BCUT2D eigenvalue weighted by atomic mass is 32.2. The highest BCUT2D eigenvalue weighted by Crippen LogP contribution is 2.36. The molecule has 180 valence electrons. The van der Waals surface area contributed by atoms with E-state index < -0.39 is 12.1 Å². The van der Waals surface area contributed by atoms with Crippen LogP contribution in [0.3, 0.4) is 0 Å². The second-order valence-electron chi connectivity index (χ2n) is 7.83. The summed E-state index contributed by atoms with van der Waals surface area (Å²) in [5, 5.41) is 4.82. The molecule has 5 atom stereocenters. The largest absolute Gasteiger partial charge is 0.471 e. The van der Waals surface area contributed by atoms with Gasteiger partial charge in [-0.15, -0.1) is 11.8 Å². The Morgan fingerprint density at radius 3 is 2.26 bits per heavy atom. The summed E-state index contributed by atoms with van der Waals surface area (Å²) in [6.45, 7) is 7.01. The summed E-state index contributed by atoms with van der Waals surface area (Å²) >= 11 is 1.57. The number of alkyl halides is 3. The maximum atomic E-state index is 12.1. The minimum atomic E-state index is -4.84. The molecule has 0 aromatic carbocycles. The molecule has 0 aromatic rings. The van der Waals surface area contributed by atoms with E-state index in [4.69, 9.17) is 9.47 Å². The van der Waals surface area contributed by atoms with Gasteiger partial charge in [0.2, 0.25) is 5.91 Å². The van der Waals surface area contributed by atoms with Crippen molar-refractivity contribution in [1.82, 2.24) is 10.6 Å². The van der Waals surface area contributed by atoms with Crippen LogP contribution < -0.4 is 10.6 Å². The van der Waals surface area contributed by atoms with Crippen LogP contribution in [0.5, 0.6) is 0 Å². The molecule has 2 N–H and O–H groups in total. The van der Waals surface area contributed by atoms with E-state index in [1.54, 1.807) is 11.8 Å². The molecular weight excluding hydrogens is 437 g/mol. The van der Waals surface area contributed by atoms with Crippen LogP contribution in [-0.2, 0) is 23.9 Å². The van der Waals surface area contributed by atoms with E-state index >= 15 is 0 Å². The van der Waals surface area contributed by atoms with Gasteiger partial charge in [-0.25, -0.2) is 0 Å². The number of thioether (sulfide) groups is 1. The summed E-state index contributed by atoms with van der Waals surface area (Å²) in [5.41, 5.74) is -0.290. The molecule has 31 heavy (non-hydrogen) atoms. The molecule has 0 aliphatic carbocycles. The molecule has 1 saturated heterocycles. The lowest BCUT2D eigenvalue weighted by Gasteiger charge is -2.44. The van der Waals surface area contributed by atoms with Crippen molar-refractivity contribution < 1.29 is 37.0 Å². The molecule has 1 aliphatic heterocycles. The zero-order valence-electron chi connectivity index (χ0n) is 18.4. The molecule has 2 amide bonds.